The van der Waals surface area contributed by atoms with Gasteiger partial charge in [0.05, 0.1) is 15.0 Å². The fraction of sp³-hybridized carbons (Fsp3) is 0.857. The zero-order valence-corrected chi connectivity index (χ0v) is 6.96. The summed E-state index contributed by atoms with van der Waals surface area (Å²) in [6, 6.07) is 0. The number of amides is 1. The molecule has 0 aliphatic carbocycles. The molecule has 0 saturated carbocycles. The van der Waals surface area contributed by atoms with Crippen molar-refractivity contribution >= 4 is 13.9 Å². The summed E-state index contributed by atoms with van der Waals surface area (Å²) in [4.78, 5) is 12.6. The van der Waals surface area contributed by atoms with Crippen LogP contribution in [0.15, 0.2) is 0 Å². The van der Waals surface area contributed by atoms with Gasteiger partial charge in [-0.1, -0.05) is 6.92 Å². The predicted octanol–water partition coefficient (Wildman–Crippen LogP) is 0.806. The van der Waals surface area contributed by atoms with E-state index >= 15 is 0 Å². The van der Waals surface area contributed by atoms with Crippen molar-refractivity contribution in [2.45, 2.75) is 18.7 Å². The van der Waals surface area contributed by atoms with Crippen LogP contribution >= 0.6 is 0 Å². The van der Waals surface area contributed by atoms with Crippen molar-refractivity contribution < 1.29 is 9.53 Å². The minimum atomic E-state index is -0.279. The van der Waals surface area contributed by atoms with Gasteiger partial charge in [0, 0.05) is 13.1 Å². The van der Waals surface area contributed by atoms with Crippen LogP contribution in [0.2, 0.25) is 5.31 Å². The van der Waals surface area contributed by atoms with Crippen LogP contribution in [-0.2, 0) is 4.74 Å². The molecule has 1 fully saturated rings. The van der Waals surface area contributed by atoms with Crippen LogP contribution in [0.3, 0.4) is 0 Å². The summed E-state index contributed by atoms with van der Waals surface area (Å²) >= 11 is 0. The molecule has 1 unspecified atom stereocenters. The summed E-state index contributed by atoms with van der Waals surface area (Å²) in [6.45, 7) is 3.25. The Hall–Kier alpha value is -0.665. The minimum absolute atomic E-state index is 0.228. The van der Waals surface area contributed by atoms with E-state index in [1.807, 2.05) is 6.92 Å². The van der Waals surface area contributed by atoms with Crippen LogP contribution in [0.1, 0.15) is 13.3 Å². The van der Waals surface area contributed by atoms with Crippen LogP contribution in [0.4, 0.5) is 4.79 Å². The van der Waals surface area contributed by atoms with Crippen molar-refractivity contribution in [1.29, 1.82) is 0 Å². The Balaban J connectivity index is 2.48. The van der Waals surface area contributed by atoms with Crippen molar-refractivity contribution in [2.75, 3.05) is 20.2 Å². The molecule has 0 aromatic heterocycles. The molecule has 1 aliphatic heterocycles. The molecule has 0 aromatic rings. The van der Waals surface area contributed by atoms with Crippen molar-refractivity contribution in [3.05, 3.63) is 0 Å². The van der Waals surface area contributed by atoms with E-state index in [9.17, 15) is 4.79 Å². The summed E-state index contributed by atoms with van der Waals surface area (Å²) in [5.41, 5.74) is 0. The lowest BCUT2D eigenvalue weighted by atomic mass is 9.70. The SMILES string of the molecule is [B]C1(C)CCN(C(=O)OC)C1. The first-order valence-electron chi connectivity index (χ1n) is 3.67. The summed E-state index contributed by atoms with van der Waals surface area (Å²) in [7, 11) is 7.19. The Morgan fingerprint density at radius 3 is 2.73 bits per heavy atom. The average Bonchev–Trinajstić information content (AvgIpc) is 2.29. The van der Waals surface area contributed by atoms with E-state index in [0.29, 0.717) is 13.1 Å². The third-order valence-electron chi connectivity index (χ3n) is 1.94. The van der Waals surface area contributed by atoms with Gasteiger partial charge >= 0.3 is 6.09 Å². The van der Waals surface area contributed by atoms with Crippen molar-refractivity contribution in [3.63, 3.8) is 0 Å². The lowest BCUT2D eigenvalue weighted by Gasteiger charge is -2.18. The number of hydrogen-bond acceptors (Lipinski definition) is 2. The van der Waals surface area contributed by atoms with Crippen molar-refractivity contribution in [1.82, 2.24) is 4.90 Å². The second-order valence-corrected chi connectivity index (χ2v) is 3.30. The molecule has 1 aliphatic rings. The van der Waals surface area contributed by atoms with Crippen molar-refractivity contribution in [2.24, 2.45) is 0 Å². The number of rotatable bonds is 0. The molecular weight excluding hydrogens is 141 g/mol. The van der Waals surface area contributed by atoms with E-state index in [2.05, 4.69) is 4.74 Å². The van der Waals surface area contributed by atoms with E-state index in [0.717, 1.165) is 6.42 Å². The lowest BCUT2D eigenvalue weighted by Crippen LogP contribution is -2.29. The van der Waals surface area contributed by atoms with Gasteiger partial charge in [-0.25, -0.2) is 4.79 Å². The van der Waals surface area contributed by atoms with E-state index in [-0.39, 0.29) is 11.4 Å². The molecule has 0 spiro atoms. The molecule has 4 heteroatoms. The van der Waals surface area contributed by atoms with Gasteiger partial charge in [0.15, 0.2) is 0 Å². The van der Waals surface area contributed by atoms with Gasteiger partial charge in [0.25, 0.3) is 0 Å². The molecule has 60 valence electrons. The van der Waals surface area contributed by atoms with Crippen LogP contribution < -0.4 is 0 Å². The number of ether oxygens (including phenoxy) is 1. The van der Waals surface area contributed by atoms with Crippen LogP contribution in [0.5, 0.6) is 0 Å². The highest BCUT2D eigenvalue weighted by Gasteiger charge is 2.31. The Labute approximate surface area is 68.1 Å². The summed E-state index contributed by atoms with van der Waals surface area (Å²) in [5.74, 6) is 0. The van der Waals surface area contributed by atoms with Gasteiger partial charge in [-0.05, 0) is 11.7 Å². The predicted molar refractivity (Wildman–Crippen MR) is 42.7 cm³/mol. The first-order chi connectivity index (χ1) is 5.05. The first-order valence-corrected chi connectivity index (χ1v) is 3.67. The number of likely N-dealkylation sites (tertiary alicyclic amines) is 1. The summed E-state index contributed by atoms with van der Waals surface area (Å²) in [6.07, 6.45) is 0.571. The monoisotopic (exact) mass is 153 g/mol. The van der Waals surface area contributed by atoms with Gasteiger partial charge in [0.2, 0.25) is 0 Å². The zero-order chi connectivity index (χ0) is 8.48. The Morgan fingerprint density at radius 1 is 1.73 bits per heavy atom. The second-order valence-electron chi connectivity index (χ2n) is 3.30. The Morgan fingerprint density at radius 2 is 2.36 bits per heavy atom. The normalized spacial score (nSPS) is 30.5. The van der Waals surface area contributed by atoms with Crippen molar-refractivity contribution in [3.8, 4) is 0 Å². The highest BCUT2D eigenvalue weighted by Crippen LogP contribution is 2.32. The van der Waals surface area contributed by atoms with Crippen LogP contribution in [0, 0.1) is 0 Å². The fourth-order valence-corrected chi connectivity index (χ4v) is 1.27. The molecule has 1 saturated heterocycles. The molecule has 3 nitrogen and oxygen atoms in total. The minimum Gasteiger partial charge on any atom is -0.453 e. The Bertz CT molecular complexity index is 170. The standard InChI is InChI=1S/C7H12BNO2/c1-7(8)3-4-9(5-7)6(10)11-2/h3-5H2,1-2H3. The van der Waals surface area contributed by atoms with E-state index in [1.165, 1.54) is 7.11 Å². The molecule has 0 aromatic carbocycles. The van der Waals surface area contributed by atoms with E-state index < -0.39 is 0 Å². The largest absolute Gasteiger partial charge is 0.453 e. The highest BCUT2D eigenvalue weighted by molar-refractivity contribution is 6.15. The molecule has 1 heterocycles. The zero-order valence-electron chi connectivity index (χ0n) is 6.96. The summed E-state index contributed by atoms with van der Waals surface area (Å²) < 4.78 is 4.56. The number of carbonyl (C=O) groups is 1. The second kappa shape index (κ2) is 2.76. The molecule has 0 N–H and O–H groups in total. The maximum Gasteiger partial charge on any atom is 0.409 e. The number of carbonyl (C=O) groups excluding carboxylic acids is 1. The number of methoxy groups -OCH3 is 1. The molecule has 1 amide bonds. The van der Waals surface area contributed by atoms with E-state index in [1.54, 1.807) is 4.90 Å². The van der Waals surface area contributed by atoms with Gasteiger partial charge in [-0.15, -0.1) is 0 Å². The molecule has 0 bridgehead atoms. The summed E-state index contributed by atoms with van der Waals surface area (Å²) in [5, 5.41) is -0.228. The fourth-order valence-electron chi connectivity index (χ4n) is 1.27. The smallest absolute Gasteiger partial charge is 0.409 e. The van der Waals surface area contributed by atoms with Crippen LogP contribution in [0.25, 0.3) is 0 Å². The molecule has 1 rings (SSSR count). The van der Waals surface area contributed by atoms with Crippen LogP contribution in [-0.4, -0.2) is 39.0 Å². The van der Waals surface area contributed by atoms with Gasteiger partial charge < -0.3 is 9.64 Å². The quantitative estimate of drug-likeness (QED) is 0.482. The molecule has 1 atom stereocenters. The first kappa shape index (κ1) is 8.43. The maximum atomic E-state index is 11.0. The van der Waals surface area contributed by atoms with Gasteiger partial charge in [0.1, 0.15) is 0 Å². The van der Waals surface area contributed by atoms with Gasteiger partial charge in [-0.3, -0.25) is 0 Å². The topological polar surface area (TPSA) is 29.5 Å². The molecule has 2 radical (unpaired) electrons. The average molecular weight is 153 g/mol. The molecule has 11 heavy (non-hydrogen) atoms. The van der Waals surface area contributed by atoms with Gasteiger partial charge in [-0.2, -0.15) is 0 Å². The molecular formula is C7H12BNO2. The number of nitrogens with zero attached hydrogens (tertiary/aromatic N) is 1. The number of hydrogen-bond donors (Lipinski definition) is 0. The Kier molecular flexibility index (Phi) is 2.11. The van der Waals surface area contributed by atoms with E-state index in [4.69, 9.17) is 7.85 Å². The third-order valence-corrected chi connectivity index (χ3v) is 1.94. The maximum absolute atomic E-state index is 11.0. The third kappa shape index (κ3) is 1.88. The highest BCUT2D eigenvalue weighted by atomic mass is 16.5. The lowest BCUT2D eigenvalue weighted by molar-refractivity contribution is 0.132.